The van der Waals surface area contributed by atoms with Gasteiger partial charge in [0.1, 0.15) is 0 Å². The Morgan fingerprint density at radius 1 is 0.765 bits per heavy atom. The van der Waals surface area contributed by atoms with Gasteiger partial charge in [0.2, 0.25) is 0 Å². The molecule has 0 fully saturated rings. The number of rotatable bonds is 6. The number of ether oxygens (including phenoxy) is 1. The third kappa shape index (κ3) is 5.83. The summed E-state index contributed by atoms with van der Waals surface area (Å²) >= 11 is 24.3. The number of halogens is 5. The third-order valence-electron chi connectivity index (χ3n) is 4.96. The zero-order valence-corrected chi connectivity index (χ0v) is 20.4. The zero-order valence-electron chi connectivity index (χ0n) is 17.4. The quantitative estimate of drug-likeness (QED) is 0.268. The van der Waals surface area contributed by atoms with Crippen molar-refractivity contribution < 1.29 is 13.9 Å². The molecule has 1 amide bonds. The number of hydrogen-bond donors (Lipinski definition) is 1. The molecule has 0 saturated carbocycles. The van der Waals surface area contributed by atoms with Gasteiger partial charge in [-0.3, -0.25) is 4.79 Å². The van der Waals surface area contributed by atoms with E-state index in [1.807, 2.05) is 0 Å². The predicted molar refractivity (Wildman–Crippen MR) is 136 cm³/mol. The van der Waals surface area contributed by atoms with Crippen molar-refractivity contribution in [2.45, 2.75) is 6.10 Å². The number of carbonyl (C=O) groups is 1. The largest absolute Gasteiger partial charge is 0.478 e. The summed E-state index contributed by atoms with van der Waals surface area (Å²) < 4.78 is 21.1. The lowest BCUT2D eigenvalue weighted by Crippen LogP contribution is -2.14. The normalized spacial score (nSPS) is 11.7. The van der Waals surface area contributed by atoms with E-state index in [9.17, 15) is 4.79 Å². The van der Waals surface area contributed by atoms with E-state index >= 15 is 4.39 Å². The molecule has 0 heterocycles. The molecule has 1 unspecified atom stereocenters. The number of anilines is 1. The fourth-order valence-corrected chi connectivity index (χ4v) is 4.02. The molecule has 1 N–H and O–H groups in total. The second kappa shape index (κ2) is 10.7. The SMILES string of the molecule is O=C(Nc1ccc(Cl)cc1)c1ccc(OC(c2ccc(Cl)cc2)c2ccc(Cl)cc2Cl)c(F)c1. The zero-order chi connectivity index (χ0) is 24.2. The topological polar surface area (TPSA) is 38.3 Å². The van der Waals surface area contributed by atoms with E-state index in [1.165, 1.54) is 12.1 Å². The highest BCUT2D eigenvalue weighted by Crippen LogP contribution is 2.35. The van der Waals surface area contributed by atoms with Crippen LogP contribution >= 0.6 is 46.4 Å². The van der Waals surface area contributed by atoms with Crippen molar-refractivity contribution in [1.82, 2.24) is 0 Å². The van der Waals surface area contributed by atoms with E-state index in [4.69, 9.17) is 51.1 Å². The van der Waals surface area contributed by atoms with Crippen LogP contribution < -0.4 is 10.1 Å². The van der Waals surface area contributed by atoms with Crippen LogP contribution in [0.4, 0.5) is 10.1 Å². The molecule has 0 aliphatic rings. The first kappa shape index (κ1) is 24.4. The highest BCUT2D eigenvalue weighted by Gasteiger charge is 2.22. The average molecular weight is 535 g/mol. The number of amides is 1. The van der Waals surface area contributed by atoms with Crippen LogP contribution in [0.1, 0.15) is 27.6 Å². The number of benzene rings is 4. The first-order valence-corrected chi connectivity index (χ1v) is 11.5. The Bertz CT molecular complexity index is 1330. The molecule has 0 aliphatic heterocycles. The van der Waals surface area contributed by atoms with Crippen molar-refractivity contribution in [2.75, 3.05) is 5.32 Å². The second-order valence-electron chi connectivity index (χ2n) is 7.32. The molecular formula is C26H16Cl4FNO2. The molecule has 34 heavy (non-hydrogen) atoms. The maximum Gasteiger partial charge on any atom is 0.255 e. The summed E-state index contributed by atoms with van der Waals surface area (Å²) in [6.45, 7) is 0. The molecule has 0 radical (unpaired) electrons. The van der Waals surface area contributed by atoms with Crippen LogP contribution in [0.15, 0.2) is 84.9 Å². The Morgan fingerprint density at radius 2 is 1.38 bits per heavy atom. The molecule has 0 bridgehead atoms. The van der Waals surface area contributed by atoms with Gasteiger partial charge in [-0.05, 0) is 72.3 Å². The molecule has 3 nitrogen and oxygen atoms in total. The Balaban J connectivity index is 1.61. The van der Waals surface area contributed by atoms with Gasteiger partial charge in [0.05, 0.1) is 0 Å². The van der Waals surface area contributed by atoms with Gasteiger partial charge < -0.3 is 10.1 Å². The molecule has 4 rings (SSSR count). The molecule has 4 aromatic carbocycles. The van der Waals surface area contributed by atoms with E-state index in [-0.39, 0.29) is 11.3 Å². The average Bonchev–Trinajstić information content (AvgIpc) is 2.81. The van der Waals surface area contributed by atoms with Crippen molar-refractivity contribution >= 4 is 58.0 Å². The minimum absolute atomic E-state index is 0.0472. The smallest absolute Gasteiger partial charge is 0.255 e. The van der Waals surface area contributed by atoms with E-state index in [0.29, 0.717) is 36.9 Å². The van der Waals surface area contributed by atoms with Crippen LogP contribution in [0.25, 0.3) is 0 Å². The van der Waals surface area contributed by atoms with E-state index in [1.54, 1.807) is 66.7 Å². The molecule has 0 spiro atoms. The van der Waals surface area contributed by atoms with E-state index in [2.05, 4.69) is 5.32 Å². The number of nitrogens with one attached hydrogen (secondary N) is 1. The van der Waals surface area contributed by atoms with Crippen LogP contribution in [0.5, 0.6) is 5.75 Å². The minimum Gasteiger partial charge on any atom is -0.478 e. The maximum absolute atomic E-state index is 15.0. The number of hydrogen-bond acceptors (Lipinski definition) is 2. The summed E-state index contributed by atoms with van der Waals surface area (Å²) in [7, 11) is 0. The Labute approximate surface area is 216 Å². The summed E-state index contributed by atoms with van der Waals surface area (Å²) in [5.74, 6) is -1.22. The third-order valence-corrected chi connectivity index (χ3v) is 6.03. The van der Waals surface area contributed by atoms with Gasteiger partial charge in [0, 0.05) is 36.9 Å². The fourth-order valence-electron chi connectivity index (χ4n) is 3.26. The molecule has 8 heteroatoms. The van der Waals surface area contributed by atoms with Gasteiger partial charge in [0.25, 0.3) is 5.91 Å². The van der Waals surface area contributed by atoms with Crippen LogP contribution in [0.2, 0.25) is 20.1 Å². The predicted octanol–water partition coefficient (Wildman–Crippen LogP) is 8.86. The lowest BCUT2D eigenvalue weighted by Gasteiger charge is -2.22. The summed E-state index contributed by atoms with van der Waals surface area (Å²) in [5, 5.41) is 4.62. The van der Waals surface area contributed by atoms with Crippen molar-refractivity contribution in [1.29, 1.82) is 0 Å². The van der Waals surface area contributed by atoms with Gasteiger partial charge in [-0.1, -0.05) is 64.6 Å². The second-order valence-corrected chi connectivity index (χ2v) is 9.04. The van der Waals surface area contributed by atoms with Gasteiger partial charge in [-0.25, -0.2) is 4.39 Å². The molecule has 4 aromatic rings. The van der Waals surface area contributed by atoms with Crippen molar-refractivity contribution in [3.8, 4) is 5.75 Å². The van der Waals surface area contributed by atoms with Crippen LogP contribution in [-0.2, 0) is 0 Å². The van der Waals surface area contributed by atoms with Crippen LogP contribution in [0.3, 0.4) is 0 Å². The standard InChI is InChI=1S/C26H16Cl4FNO2/c27-17-4-1-15(2-5-17)25(21-11-8-19(29)14-22(21)30)34-24-12-3-16(13-23(24)31)26(33)32-20-9-6-18(28)7-10-20/h1-14,25H,(H,32,33). The van der Waals surface area contributed by atoms with Crippen molar-refractivity contribution in [3.63, 3.8) is 0 Å². The van der Waals surface area contributed by atoms with Crippen LogP contribution in [0, 0.1) is 5.82 Å². The lowest BCUT2D eigenvalue weighted by molar-refractivity contribution is 0.102. The number of carbonyl (C=O) groups excluding carboxylic acids is 1. The molecule has 1 atom stereocenters. The molecule has 0 aromatic heterocycles. The van der Waals surface area contributed by atoms with Crippen LogP contribution in [-0.4, -0.2) is 5.91 Å². The Hall–Kier alpha value is -2.76. The molecule has 0 saturated heterocycles. The first-order chi connectivity index (χ1) is 16.3. The first-order valence-electron chi connectivity index (χ1n) is 10.0. The monoisotopic (exact) mass is 533 g/mol. The maximum atomic E-state index is 15.0. The van der Waals surface area contributed by atoms with Gasteiger partial charge in [-0.2, -0.15) is 0 Å². The molecule has 0 aliphatic carbocycles. The summed E-state index contributed by atoms with van der Waals surface area (Å²) in [6, 6.07) is 22.5. The highest BCUT2D eigenvalue weighted by atomic mass is 35.5. The van der Waals surface area contributed by atoms with Crippen molar-refractivity contribution in [2.24, 2.45) is 0 Å². The summed E-state index contributed by atoms with van der Waals surface area (Å²) in [5.41, 5.74) is 1.97. The van der Waals surface area contributed by atoms with Gasteiger partial charge in [0.15, 0.2) is 17.7 Å². The van der Waals surface area contributed by atoms with Gasteiger partial charge in [-0.15, -0.1) is 0 Å². The fraction of sp³-hybridized carbons (Fsp3) is 0.0385. The van der Waals surface area contributed by atoms with Gasteiger partial charge >= 0.3 is 0 Å². The van der Waals surface area contributed by atoms with E-state index in [0.717, 1.165) is 6.07 Å². The van der Waals surface area contributed by atoms with E-state index < -0.39 is 17.8 Å². The van der Waals surface area contributed by atoms with Crippen molar-refractivity contribution in [3.05, 3.63) is 128 Å². The minimum atomic E-state index is -0.745. The lowest BCUT2D eigenvalue weighted by atomic mass is 10.0. The Morgan fingerprint density at radius 3 is 2.00 bits per heavy atom. The summed E-state index contributed by atoms with van der Waals surface area (Å²) in [4.78, 5) is 12.5. The molecule has 172 valence electrons. The molecular weight excluding hydrogens is 519 g/mol. The Kier molecular flexibility index (Phi) is 7.64. The highest BCUT2D eigenvalue weighted by molar-refractivity contribution is 6.35. The summed E-state index contributed by atoms with van der Waals surface area (Å²) in [6.07, 6.45) is -0.745.